The Balaban J connectivity index is 2.63. The van der Waals surface area contributed by atoms with Crippen LogP contribution in [0.2, 0.25) is 0 Å². The summed E-state index contributed by atoms with van der Waals surface area (Å²) in [6, 6.07) is 0. The quantitative estimate of drug-likeness (QED) is 0.557. The molecule has 0 aromatic carbocycles. The normalized spacial score (nSPS) is 32.8. The number of carbonyl (C=O) groups excluding carboxylic acids is 2. The van der Waals surface area contributed by atoms with Crippen LogP contribution in [-0.4, -0.2) is 22.8 Å². The van der Waals surface area contributed by atoms with Gasteiger partial charge in [-0.05, 0) is 6.92 Å². The summed E-state index contributed by atoms with van der Waals surface area (Å²) in [5.74, 6) is -0.515. The van der Waals surface area contributed by atoms with E-state index in [-0.39, 0.29) is 24.4 Å². The second kappa shape index (κ2) is 2.50. The summed E-state index contributed by atoms with van der Waals surface area (Å²) >= 11 is 0. The van der Waals surface area contributed by atoms with Crippen molar-refractivity contribution in [2.75, 3.05) is 0 Å². The lowest BCUT2D eigenvalue weighted by molar-refractivity contribution is -0.124. The Hall–Kier alpha value is -0.700. The minimum atomic E-state index is -0.718. The zero-order valence-corrected chi connectivity index (χ0v) is 5.83. The van der Waals surface area contributed by atoms with Gasteiger partial charge in [0.05, 0.1) is 12.0 Å². The van der Waals surface area contributed by atoms with Crippen LogP contribution in [0.3, 0.4) is 0 Å². The highest BCUT2D eigenvalue weighted by Gasteiger charge is 2.34. The molecule has 10 heavy (non-hydrogen) atoms. The summed E-state index contributed by atoms with van der Waals surface area (Å²) in [5, 5.41) is 9.09. The smallest absolute Gasteiger partial charge is 0.136 e. The molecule has 2 atom stereocenters. The SMILES string of the molecule is CC(=O)[C@@H]1CC(=O)C[C@H]1O. The summed E-state index contributed by atoms with van der Waals surface area (Å²) in [7, 11) is 0. The molecule has 0 unspecified atom stereocenters. The van der Waals surface area contributed by atoms with Crippen LogP contribution in [-0.2, 0) is 9.59 Å². The maximum absolute atomic E-state index is 10.7. The first-order valence-electron chi connectivity index (χ1n) is 3.31. The zero-order valence-electron chi connectivity index (χ0n) is 5.83. The number of rotatable bonds is 1. The largest absolute Gasteiger partial charge is 0.392 e. The molecule has 0 heterocycles. The number of hydrogen-bond donors (Lipinski definition) is 1. The van der Waals surface area contributed by atoms with E-state index < -0.39 is 12.0 Å². The summed E-state index contributed by atoms with van der Waals surface area (Å²) in [6.07, 6.45) is -0.328. The molecule has 1 fully saturated rings. The third kappa shape index (κ3) is 1.24. The van der Waals surface area contributed by atoms with E-state index in [4.69, 9.17) is 5.11 Å². The average molecular weight is 142 g/mol. The first-order valence-corrected chi connectivity index (χ1v) is 3.31. The molecule has 0 aromatic heterocycles. The second-order valence-corrected chi connectivity index (χ2v) is 2.73. The molecule has 0 aliphatic heterocycles. The van der Waals surface area contributed by atoms with Gasteiger partial charge in [0.1, 0.15) is 11.6 Å². The van der Waals surface area contributed by atoms with E-state index in [9.17, 15) is 9.59 Å². The summed E-state index contributed by atoms with van der Waals surface area (Å²) < 4.78 is 0. The van der Waals surface area contributed by atoms with E-state index in [1.54, 1.807) is 0 Å². The predicted octanol–water partition coefficient (Wildman–Crippen LogP) is -0.0846. The van der Waals surface area contributed by atoms with Crippen molar-refractivity contribution in [3.05, 3.63) is 0 Å². The Morgan fingerprint density at radius 1 is 1.60 bits per heavy atom. The molecular formula is C7H10O3. The summed E-state index contributed by atoms with van der Waals surface area (Å²) in [5.41, 5.74) is 0. The van der Waals surface area contributed by atoms with E-state index in [1.165, 1.54) is 6.92 Å². The number of aliphatic hydroxyl groups excluding tert-OH is 1. The van der Waals surface area contributed by atoms with Gasteiger partial charge in [0.2, 0.25) is 0 Å². The lowest BCUT2D eigenvalue weighted by Gasteiger charge is -2.07. The molecule has 1 aliphatic rings. The third-order valence-corrected chi connectivity index (χ3v) is 1.87. The van der Waals surface area contributed by atoms with Crippen LogP contribution in [0, 0.1) is 5.92 Å². The number of carbonyl (C=O) groups is 2. The highest BCUT2D eigenvalue weighted by atomic mass is 16.3. The highest BCUT2D eigenvalue weighted by molar-refractivity contribution is 5.91. The van der Waals surface area contributed by atoms with Gasteiger partial charge in [-0.15, -0.1) is 0 Å². The van der Waals surface area contributed by atoms with Gasteiger partial charge in [-0.25, -0.2) is 0 Å². The molecule has 0 bridgehead atoms. The molecule has 3 heteroatoms. The molecule has 1 N–H and O–H groups in total. The Labute approximate surface area is 59.0 Å². The minimum Gasteiger partial charge on any atom is -0.392 e. The first-order chi connectivity index (χ1) is 4.61. The van der Waals surface area contributed by atoms with E-state index >= 15 is 0 Å². The van der Waals surface area contributed by atoms with Gasteiger partial charge in [-0.2, -0.15) is 0 Å². The molecule has 0 radical (unpaired) electrons. The van der Waals surface area contributed by atoms with Crippen LogP contribution >= 0.6 is 0 Å². The molecule has 0 saturated heterocycles. The van der Waals surface area contributed by atoms with Crippen LogP contribution in [0.5, 0.6) is 0 Å². The zero-order chi connectivity index (χ0) is 7.72. The van der Waals surface area contributed by atoms with Crippen LogP contribution in [0.1, 0.15) is 19.8 Å². The van der Waals surface area contributed by atoms with Gasteiger partial charge in [0.25, 0.3) is 0 Å². The van der Waals surface area contributed by atoms with Gasteiger partial charge in [0.15, 0.2) is 0 Å². The molecule has 0 aromatic rings. The first kappa shape index (κ1) is 7.41. The molecular weight excluding hydrogens is 132 g/mol. The molecule has 56 valence electrons. The van der Waals surface area contributed by atoms with Gasteiger partial charge < -0.3 is 5.11 Å². The van der Waals surface area contributed by atoms with Gasteiger partial charge in [0, 0.05) is 12.8 Å². The number of Topliss-reactive ketones (excluding diaryl/α,β-unsaturated/α-hetero) is 2. The Kier molecular flexibility index (Phi) is 1.85. The monoisotopic (exact) mass is 142 g/mol. The lowest BCUT2D eigenvalue weighted by Crippen LogP contribution is -2.19. The maximum Gasteiger partial charge on any atom is 0.136 e. The number of hydrogen-bond acceptors (Lipinski definition) is 3. The Bertz CT molecular complexity index is 174. The van der Waals surface area contributed by atoms with E-state index in [2.05, 4.69) is 0 Å². The van der Waals surface area contributed by atoms with Crippen molar-refractivity contribution in [1.29, 1.82) is 0 Å². The standard InChI is InChI=1S/C7H10O3/c1-4(8)6-2-5(9)3-7(6)10/h6-7,10H,2-3H2,1H3/t6-,7+/m0/s1. The molecule has 1 saturated carbocycles. The average Bonchev–Trinajstić information content (AvgIpc) is 2.10. The molecule has 0 spiro atoms. The number of aliphatic hydroxyl groups is 1. The summed E-state index contributed by atoms with van der Waals surface area (Å²) in [6.45, 7) is 1.41. The molecule has 1 aliphatic carbocycles. The topological polar surface area (TPSA) is 54.4 Å². The van der Waals surface area contributed by atoms with Crippen molar-refractivity contribution in [2.45, 2.75) is 25.9 Å². The van der Waals surface area contributed by atoms with Gasteiger partial charge in [-0.3, -0.25) is 9.59 Å². The maximum atomic E-state index is 10.7. The van der Waals surface area contributed by atoms with Crippen molar-refractivity contribution >= 4 is 11.6 Å². The summed E-state index contributed by atoms with van der Waals surface area (Å²) in [4.78, 5) is 21.3. The van der Waals surface area contributed by atoms with E-state index in [0.717, 1.165) is 0 Å². The van der Waals surface area contributed by atoms with Crippen LogP contribution in [0.25, 0.3) is 0 Å². The third-order valence-electron chi connectivity index (χ3n) is 1.87. The van der Waals surface area contributed by atoms with E-state index in [1.807, 2.05) is 0 Å². The van der Waals surface area contributed by atoms with Crippen molar-refractivity contribution in [3.63, 3.8) is 0 Å². The minimum absolute atomic E-state index is 0.00676. The van der Waals surface area contributed by atoms with Crippen molar-refractivity contribution in [2.24, 2.45) is 5.92 Å². The Morgan fingerprint density at radius 2 is 2.20 bits per heavy atom. The number of ketones is 2. The molecule has 3 nitrogen and oxygen atoms in total. The van der Waals surface area contributed by atoms with Gasteiger partial charge in [-0.1, -0.05) is 0 Å². The fraction of sp³-hybridized carbons (Fsp3) is 0.714. The predicted molar refractivity (Wildman–Crippen MR) is 34.4 cm³/mol. The molecule has 1 rings (SSSR count). The van der Waals surface area contributed by atoms with Crippen molar-refractivity contribution < 1.29 is 14.7 Å². The highest BCUT2D eigenvalue weighted by Crippen LogP contribution is 2.22. The fourth-order valence-corrected chi connectivity index (χ4v) is 1.25. The van der Waals surface area contributed by atoms with Crippen LogP contribution < -0.4 is 0 Å². The van der Waals surface area contributed by atoms with Gasteiger partial charge >= 0.3 is 0 Å². The van der Waals surface area contributed by atoms with E-state index in [0.29, 0.717) is 0 Å². The fourth-order valence-electron chi connectivity index (χ4n) is 1.25. The van der Waals surface area contributed by atoms with Crippen LogP contribution in [0.15, 0.2) is 0 Å². The van der Waals surface area contributed by atoms with Crippen LogP contribution in [0.4, 0.5) is 0 Å². The van der Waals surface area contributed by atoms with Crippen molar-refractivity contribution in [1.82, 2.24) is 0 Å². The lowest BCUT2D eigenvalue weighted by atomic mass is 10.0. The van der Waals surface area contributed by atoms with Crippen molar-refractivity contribution in [3.8, 4) is 0 Å². The Morgan fingerprint density at radius 3 is 2.40 bits per heavy atom. The second-order valence-electron chi connectivity index (χ2n) is 2.73. The molecule has 0 amide bonds.